The molecule has 0 saturated carbocycles. The van der Waals surface area contributed by atoms with E-state index in [1.165, 1.54) is 22.0 Å². The summed E-state index contributed by atoms with van der Waals surface area (Å²) in [6, 6.07) is 32.4. The van der Waals surface area contributed by atoms with Gasteiger partial charge < -0.3 is 5.11 Å². The zero-order valence-corrected chi connectivity index (χ0v) is 17.1. The summed E-state index contributed by atoms with van der Waals surface area (Å²) in [5.74, 6) is -0.868. The van der Waals surface area contributed by atoms with Gasteiger partial charge in [-0.15, -0.1) is 0 Å². The molecule has 3 heteroatoms. The van der Waals surface area contributed by atoms with Gasteiger partial charge in [0, 0.05) is 6.08 Å². The molecule has 3 aromatic carbocycles. The van der Waals surface area contributed by atoms with Gasteiger partial charge in [-0.1, -0.05) is 60.2 Å². The van der Waals surface area contributed by atoms with Crippen LogP contribution >= 0.6 is 7.26 Å². The highest BCUT2D eigenvalue weighted by Crippen LogP contribution is 2.56. The first-order valence-electron chi connectivity index (χ1n) is 9.58. The second kappa shape index (κ2) is 9.48. The third-order valence-electron chi connectivity index (χ3n) is 5.03. The third-order valence-corrected chi connectivity index (χ3v) is 9.55. The number of carbonyl (C=O) groups is 1. The number of carboxylic acid groups (broad SMARTS) is 1. The molecule has 0 bridgehead atoms. The lowest BCUT2D eigenvalue weighted by molar-refractivity contribution is -0.131. The number of hydrogen-bond acceptors (Lipinski definition) is 1. The average molecular weight is 389 g/mol. The van der Waals surface area contributed by atoms with Crippen molar-refractivity contribution in [2.75, 3.05) is 6.16 Å². The summed E-state index contributed by atoms with van der Waals surface area (Å²) in [5.41, 5.74) is 0.916. The smallest absolute Gasteiger partial charge is 0.328 e. The highest BCUT2D eigenvalue weighted by Gasteiger charge is 2.44. The molecule has 142 valence electrons. The molecule has 3 aromatic rings. The largest absolute Gasteiger partial charge is 0.478 e. The lowest BCUT2D eigenvalue weighted by Gasteiger charge is -2.27. The molecule has 0 atom stereocenters. The van der Waals surface area contributed by atoms with Crippen LogP contribution in [0.25, 0.3) is 0 Å². The Morgan fingerprint density at radius 3 is 1.54 bits per heavy atom. The van der Waals surface area contributed by atoms with Gasteiger partial charge in [0.1, 0.15) is 23.2 Å². The molecular formula is C25H26O2P+. The number of benzene rings is 3. The van der Waals surface area contributed by atoms with Gasteiger partial charge in [0.05, 0.1) is 6.16 Å². The molecule has 0 saturated heterocycles. The average Bonchev–Trinajstić information content (AvgIpc) is 2.73. The number of allylic oxidation sites excluding steroid dienone is 1. The Morgan fingerprint density at radius 2 is 1.18 bits per heavy atom. The van der Waals surface area contributed by atoms with Crippen LogP contribution in [0.2, 0.25) is 0 Å². The molecule has 1 N–H and O–H groups in total. The Labute approximate surface area is 167 Å². The zero-order chi connectivity index (χ0) is 19.8. The minimum Gasteiger partial charge on any atom is -0.478 e. The van der Waals surface area contributed by atoms with Crippen LogP contribution < -0.4 is 15.9 Å². The second-order valence-corrected chi connectivity index (χ2v) is 10.6. The van der Waals surface area contributed by atoms with E-state index >= 15 is 0 Å². The van der Waals surface area contributed by atoms with Crippen LogP contribution in [0.3, 0.4) is 0 Å². The van der Waals surface area contributed by atoms with E-state index in [0.29, 0.717) is 0 Å². The summed E-state index contributed by atoms with van der Waals surface area (Å²) < 4.78 is 0. The minimum atomic E-state index is -1.82. The van der Waals surface area contributed by atoms with Gasteiger partial charge in [-0.05, 0) is 56.2 Å². The molecule has 0 fully saturated rings. The number of carboxylic acids is 1. The van der Waals surface area contributed by atoms with Gasteiger partial charge in [0.2, 0.25) is 0 Å². The van der Waals surface area contributed by atoms with Gasteiger partial charge in [-0.3, -0.25) is 0 Å². The van der Waals surface area contributed by atoms with Crippen molar-refractivity contribution in [1.82, 2.24) is 0 Å². The van der Waals surface area contributed by atoms with Crippen LogP contribution in [-0.4, -0.2) is 17.2 Å². The van der Waals surface area contributed by atoms with Crippen LogP contribution in [0.15, 0.2) is 103 Å². The molecule has 0 unspecified atom stereocenters. The number of rotatable bonds is 8. The van der Waals surface area contributed by atoms with Crippen molar-refractivity contribution < 1.29 is 9.90 Å². The van der Waals surface area contributed by atoms with Gasteiger partial charge in [-0.2, -0.15) is 0 Å². The monoisotopic (exact) mass is 389 g/mol. The van der Waals surface area contributed by atoms with Crippen molar-refractivity contribution in [3.8, 4) is 0 Å². The van der Waals surface area contributed by atoms with Crippen molar-refractivity contribution in [2.24, 2.45) is 0 Å². The fraction of sp³-hybridized carbons (Fsp3) is 0.160. The number of aliphatic carboxylic acids is 1. The van der Waals surface area contributed by atoms with Crippen LogP contribution in [-0.2, 0) is 4.79 Å². The molecule has 28 heavy (non-hydrogen) atoms. The summed E-state index contributed by atoms with van der Waals surface area (Å²) in [7, 11) is -1.82. The van der Waals surface area contributed by atoms with Crippen molar-refractivity contribution in [3.63, 3.8) is 0 Å². The molecule has 0 aliphatic rings. The van der Waals surface area contributed by atoms with Crippen molar-refractivity contribution in [3.05, 3.63) is 103 Å². The van der Waals surface area contributed by atoms with E-state index in [1.54, 1.807) is 0 Å². The quantitative estimate of drug-likeness (QED) is 0.444. The summed E-state index contributed by atoms with van der Waals surface area (Å²) >= 11 is 0. The summed E-state index contributed by atoms with van der Waals surface area (Å²) in [5, 5.41) is 13.1. The molecular weight excluding hydrogens is 363 g/mol. The van der Waals surface area contributed by atoms with Crippen molar-refractivity contribution >= 4 is 29.1 Å². The van der Waals surface area contributed by atoms with Crippen LogP contribution in [0, 0.1) is 0 Å². The highest BCUT2D eigenvalue weighted by atomic mass is 31.2. The molecule has 0 aliphatic carbocycles. The lowest BCUT2D eigenvalue weighted by atomic mass is 10.2. The van der Waals surface area contributed by atoms with E-state index in [1.807, 2.05) is 6.92 Å². The van der Waals surface area contributed by atoms with Gasteiger partial charge in [-0.25, -0.2) is 4.79 Å². The highest BCUT2D eigenvalue weighted by molar-refractivity contribution is 7.95. The van der Waals surface area contributed by atoms with Crippen LogP contribution in [0.1, 0.15) is 19.8 Å². The van der Waals surface area contributed by atoms with E-state index in [4.69, 9.17) is 5.11 Å². The summed E-state index contributed by atoms with van der Waals surface area (Å²) in [6.07, 6.45) is 4.08. The minimum absolute atomic E-state index is 0.792. The molecule has 0 aliphatic heterocycles. The Bertz CT molecular complexity index is 822. The van der Waals surface area contributed by atoms with Crippen molar-refractivity contribution in [2.45, 2.75) is 19.8 Å². The van der Waals surface area contributed by atoms with E-state index in [0.717, 1.165) is 24.6 Å². The van der Waals surface area contributed by atoms with Crippen molar-refractivity contribution in [1.29, 1.82) is 0 Å². The molecule has 0 amide bonds. The predicted molar refractivity (Wildman–Crippen MR) is 121 cm³/mol. The summed E-state index contributed by atoms with van der Waals surface area (Å²) in [6.45, 7) is 1.90. The molecule has 0 aromatic heterocycles. The lowest BCUT2D eigenvalue weighted by Crippen LogP contribution is -2.33. The Morgan fingerprint density at radius 1 is 0.786 bits per heavy atom. The maximum absolute atomic E-state index is 11.0. The fourth-order valence-corrected chi connectivity index (χ4v) is 8.10. The SMILES string of the molecule is C/C(=C/C(=O)O)CCC[P+](c1ccccc1)(c1ccccc1)c1ccccc1. The third kappa shape index (κ3) is 4.58. The molecule has 2 nitrogen and oxygen atoms in total. The normalized spacial score (nSPS) is 12.0. The first-order valence-corrected chi connectivity index (χ1v) is 11.6. The van der Waals surface area contributed by atoms with E-state index < -0.39 is 13.2 Å². The maximum Gasteiger partial charge on any atom is 0.328 e. The molecule has 0 heterocycles. The zero-order valence-electron chi connectivity index (χ0n) is 16.2. The summed E-state index contributed by atoms with van der Waals surface area (Å²) in [4.78, 5) is 11.0. The Kier molecular flexibility index (Phi) is 6.79. The van der Waals surface area contributed by atoms with E-state index in [2.05, 4.69) is 91.0 Å². The van der Waals surface area contributed by atoms with E-state index in [9.17, 15) is 4.79 Å². The number of hydrogen-bond donors (Lipinski definition) is 1. The van der Waals surface area contributed by atoms with Crippen LogP contribution in [0.4, 0.5) is 0 Å². The first-order chi connectivity index (χ1) is 13.6. The molecule has 3 rings (SSSR count). The first kappa shape index (κ1) is 20.0. The molecule has 0 radical (unpaired) electrons. The molecule has 0 spiro atoms. The fourth-order valence-electron chi connectivity index (χ4n) is 3.76. The second-order valence-electron chi connectivity index (χ2n) is 6.97. The Balaban J connectivity index is 2.08. The van der Waals surface area contributed by atoms with Gasteiger partial charge in [0.25, 0.3) is 0 Å². The van der Waals surface area contributed by atoms with Crippen LogP contribution in [0.5, 0.6) is 0 Å². The van der Waals surface area contributed by atoms with Gasteiger partial charge >= 0.3 is 5.97 Å². The predicted octanol–water partition coefficient (Wildman–Crippen LogP) is 4.79. The van der Waals surface area contributed by atoms with Gasteiger partial charge in [0.15, 0.2) is 0 Å². The standard InChI is InChI=1S/C25H25O2P/c1-21(20-25(26)27)12-11-19-28(22-13-5-2-6-14-22,23-15-7-3-8-16-23)24-17-9-4-10-18-24/h2-10,13-18,20H,11-12,19H2,1H3/p+1/b21-20-. The Hall–Kier alpha value is -2.70. The maximum atomic E-state index is 11.0. The van der Waals surface area contributed by atoms with E-state index in [-0.39, 0.29) is 0 Å². The topological polar surface area (TPSA) is 37.3 Å².